The van der Waals surface area contributed by atoms with E-state index in [4.69, 9.17) is 5.73 Å². The molecule has 3 nitrogen and oxygen atoms in total. The maximum atomic E-state index is 11.9. The zero-order chi connectivity index (χ0) is 13.4. The molecular formula is C15H31ClN2O. The Morgan fingerprint density at radius 3 is 2.53 bits per heavy atom. The van der Waals surface area contributed by atoms with Crippen LogP contribution >= 0.6 is 12.4 Å². The van der Waals surface area contributed by atoms with Crippen LogP contribution in [0.1, 0.15) is 71.6 Å². The number of carbonyl (C=O) groups is 1. The molecule has 1 aliphatic carbocycles. The van der Waals surface area contributed by atoms with Gasteiger partial charge in [0.05, 0.1) is 5.54 Å². The van der Waals surface area contributed by atoms with Gasteiger partial charge in [-0.3, -0.25) is 4.79 Å². The van der Waals surface area contributed by atoms with E-state index in [1.54, 1.807) is 0 Å². The van der Waals surface area contributed by atoms with E-state index in [0.29, 0.717) is 0 Å². The van der Waals surface area contributed by atoms with Crippen molar-refractivity contribution in [1.29, 1.82) is 0 Å². The van der Waals surface area contributed by atoms with E-state index in [1.165, 1.54) is 38.5 Å². The first-order valence-electron chi connectivity index (χ1n) is 7.63. The average molecular weight is 291 g/mol. The van der Waals surface area contributed by atoms with Crippen LogP contribution in [0.2, 0.25) is 0 Å². The summed E-state index contributed by atoms with van der Waals surface area (Å²) in [6, 6.07) is 0. The van der Waals surface area contributed by atoms with E-state index in [1.807, 2.05) is 6.92 Å². The summed E-state index contributed by atoms with van der Waals surface area (Å²) in [6.07, 6.45) is 11.0. The average Bonchev–Trinajstić information content (AvgIpc) is 2.35. The minimum atomic E-state index is -0.695. The Hall–Kier alpha value is -0.280. The molecule has 1 amide bonds. The Morgan fingerprint density at radius 1 is 1.32 bits per heavy atom. The molecule has 1 saturated carbocycles. The monoisotopic (exact) mass is 290 g/mol. The fourth-order valence-electron chi connectivity index (χ4n) is 2.90. The van der Waals surface area contributed by atoms with Gasteiger partial charge >= 0.3 is 0 Å². The SMILES string of the molecule is CCCC(C)(N)C(=O)NCCCC1CCCCC1.Cl. The summed E-state index contributed by atoms with van der Waals surface area (Å²) < 4.78 is 0. The highest BCUT2D eigenvalue weighted by atomic mass is 35.5. The van der Waals surface area contributed by atoms with Gasteiger partial charge in [-0.05, 0) is 32.1 Å². The summed E-state index contributed by atoms with van der Waals surface area (Å²) in [7, 11) is 0. The largest absolute Gasteiger partial charge is 0.355 e. The molecule has 0 spiro atoms. The van der Waals surface area contributed by atoms with Gasteiger partial charge in [-0.25, -0.2) is 0 Å². The molecule has 0 radical (unpaired) electrons. The molecule has 114 valence electrons. The molecule has 0 heterocycles. The first kappa shape index (κ1) is 18.7. The van der Waals surface area contributed by atoms with Crippen LogP contribution in [-0.4, -0.2) is 18.0 Å². The standard InChI is InChI=1S/C15H30N2O.ClH/c1-3-11-15(2,16)14(18)17-12-7-10-13-8-5-4-6-9-13;/h13H,3-12,16H2,1-2H3,(H,17,18);1H. The first-order chi connectivity index (χ1) is 8.56. The molecule has 0 bridgehead atoms. The molecular weight excluding hydrogens is 260 g/mol. The lowest BCUT2D eigenvalue weighted by molar-refractivity contribution is -0.126. The highest BCUT2D eigenvalue weighted by Crippen LogP contribution is 2.26. The van der Waals surface area contributed by atoms with Crippen molar-refractivity contribution in [2.45, 2.75) is 77.2 Å². The third-order valence-electron chi connectivity index (χ3n) is 4.09. The Kier molecular flexibility index (Phi) is 9.46. The van der Waals surface area contributed by atoms with Crippen molar-refractivity contribution in [2.24, 2.45) is 11.7 Å². The lowest BCUT2D eigenvalue weighted by Gasteiger charge is -2.24. The molecule has 1 unspecified atom stereocenters. The van der Waals surface area contributed by atoms with Crippen molar-refractivity contribution in [3.63, 3.8) is 0 Å². The lowest BCUT2D eigenvalue weighted by atomic mass is 9.86. The van der Waals surface area contributed by atoms with Gasteiger partial charge in [0.15, 0.2) is 0 Å². The lowest BCUT2D eigenvalue weighted by Crippen LogP contribution is -2.51. The molecule has 0 aromatic heterocycles. The summed E-state index contributed by atoms with van der Waals surface area (Å²) in [5.74, 6) is 0.906. The molecule has 0 aliphatic heterocycles. The van der Waals surface area contributed by atoms with E-state index in [2.05, 4.69) is 12.2 Å². The first-order valence-corrected chi connectivity index (χ1v) is 7.63. The van der Waals surface area contributed by atoms with E-state index in [-0.39, 0.29) is 18.3 Å². The van der Waals surface area contributed by atoms with Crippen LogP contribution in [0.5, 0.6) is 0 Å². The summed E-state index contributed by atoms with van der Waals surface area (Å²) in [4.78, 5) is 11.9. The van der Waals surface area contributed by atoms with Crippen LogP contribution in [0.15, 0.2) is 0 Å². The highest BCUT2D eigenvalue weighted by Gasteiger charge is 2.26. The van der Waals surface area contributed by atoms with Gasteiger partial charge < -0.3 is 11.1 Å². The number of rotatable bonds is 7. The van der Waals surface area contributed by atoms with E-state index < -0.39 is 5.54 Å². The van der Waals surface area contributed by atoms with Crippen LogP contribution in [0.4, 0.5) is 0 Å². The Morgan fingerprint density at radius 2 is 1.95 bits per heavy atom. The third-order valence-corrected chi connectivity index (χ3v) is 4.09. The van der Waals surface area contributed by atoms with Gasteiger partial charge in [-0.15, -0.1) is 12.4 Å². The second-order valence-corrected chi connectivity index (χ2v) is 6.07. The highest BCUT2D eigenvalue weighted by molar-refractivity contribution is 5.85. The van der Waals surface area contributed by atoms with Crippen LogP contribution in [-0.2, 0) is 4.79 Å². The van der Waals surface area contributed by atoms with Gasteiger partial charge in [-0.2, -0.15) is 0 Å². The zero-order valence-electron chi connectivity index (χ0n) is 12.5. The summed E-state index contributed by atoms with van der Waals surface area (Å²) in [5, 5.41) is 2.98. The zero-order valence-corrected chi connectivity index (χ0v) is 13.4. The van der Waals surface area contributed by atoms with Crippen molar-refractivity contribution < 1.29 is 4.79 Å². The third kappa shape index (κ3) is 7.17. The fourth-order valence-corrected chi connectivity index (χ4v) is 2.90. The van der Waals surface area contributed by atoms with Crippen molar-refractivity contribution in [3.05, 3.63) is 0 Å². The van der Waals surface area contributed by atoms with E-state index in [9.17, 15) is 4.79 Å². The number of nitrogens with one attached hydrogen (secondary N) is 1. The van der Waals surface area contributed by atoms with Gasteiger partial charge in [-0.1, -0.05) is 45.4 Å². The molecule has 3 N–H and O–H groups in total. The molecule has 0 aromatic rings. The van der Waals surface area contributed by atoms with E-state index in [0.717, 1.165) is 31.7 Å². The molecule has 1 fully saturated rings. The molecule has 4 heteroatoms. The molecule has 1 aliphatic rings. The summed E-state index contributed by atoms with van der Waals surface area (Å²) in [5.41, 5.74) is 5.29. The van der Waals surface area contributed by atoms with Crippen LogP contribution in [0.25, 0.3) is 0 Å². The molecule has 0 aromatic carbocycles. The number of hydrogen-bond donors (Lipinski definition) is 2. The van der Waals surface area contributed by atoms with Gasteiger partial charge in [0.25, 0.3) is 0 Å². The van der Waals surface area contributed by atoms with Crippen LogP contribution < -0.4 is 11.1 Å². The number of hydrogen-bond acceptors (Lipinski definition) is 2. The quantitative estimate of drug-likeness (QED) is 0.706. The normalized spacial score (nSPS) is 19.3. The molecule has 1 atom stereocenters. The number of halogens is 1. The number of carbonyl (C=O) groups excluding carboxylic acids is 1. The predicted octanol–water partition coefficient (Wildman–Crippen LogP) is 3.40. The maximum absolute atomic E-state index is 11.9. The van der Waals surface area contributed by atoms with Crippen molar-refractivity contribution >= 4 is 18.3 Å². The topological polar surface area (TPSA) is 55.1 Å². The summed E-state index contributed by atoms with van der Waals surface area (Å²) >= 11 is 0. The maximum Gasteiger partial charge on any atom is 0.239 e. The predicted molar refractivity (Wildman–Crippen MR) is 83.6 cm³/mol. The number of amides is 1. The second-order valence-electron chi connectivity index (χ2n) is 6.07. The minimum absolute atomic E-state index is 0. The van der Waals surface area contributed by atoms with Crippen LogP contribution in [0.3, 0.4) is 0 Å². The van der Waals surface area contributed by atoms with Crippen molar-refractivity contribution in [3.8, 4) is 0 Å². The fraction of sp³-hybridized carbons (Fsp3) is 0.933. The van der Waals surface area contributed by atoms with Gasteiger partial charge in [0.2, 0.25) is 5.91 Å². The smallest absolute Gasteiger partial charge is 0.239 e. The Bertz CT molecular complexity index is 251. The summed E-state index contributed by atoms with van der Waals surface area (Å²) in [6.45, 7) is 4.67. The molecule has 19 heavy (non-hydrogen) atoms. The van der Waals surface area contributed by atoms with Gasteiger partial charge in [0.1, 0.15) is 0 Å². The molecule has 0 saturated heterocycles. The number of nitrogens with two attached hydrogens (primary N) is 1. The van der Waals surface area contributed by atoms with Gasteiger partial charge in [0, 0.05) is 6.54 Å². The van der Waals surface area contributed by atoms with E-state index >= 15 is 0 Å². The van der Waals surface area contributed by atoms with Crippen molar-refractivity contribution in [2.75, 3.05) is 6.54 Å². The van der Waals surface area contributed by atoms with Crippen molar-refractivity contribution in [1.82, 2.24) is 5.32 Å². The Balaban J connectivity index is 0.00000324. The second kappa shape index (κ2) is 9.60. The minimum Gasteiger partial charge on any atom is -0.355 e. The Labute approximate surface area is 124 Å². The molecule has 1 rings (SSSR count). The van der Waals surface area contributed by atoms with Crippen LogP contribution in [0, 0.1) is 5.92 Å².